The summed E-state index contributed by atoms with van der Waals surface area (Å²) in [6.45, 7) is 0. The minimum atomic E-state index is -1.09. The number of hydrogen-bond donors (Lipinski definition) is 1. The fourth-order valence-electron chi connectivity index (χ4n) is 0.326. The molecule has 0 aliphatic carbocycles. The fraction of sp³-hybridized carbons (Fsp3) is 0. The van der Waals surface area contributed by atoms with Crippen molar-refractivity contribution < 1.29 is 19.9 Å². The lowest BCUT2D eigenvalue weighted by Gasteiger charge is -1.76. The van der Waals surface area contributed by atoms with Gasteiger partial charge < -0.3 is 15.1 Å². The Balaban J connectivity index is 0.000000640. The van der Waals surface area contributed by atoms with E-state index in [9.17, 15) is 4.79 Å². The topological polar surface area (TPSA) is 94.8 Å². The van der Waals surface area contributed by atoms with Crippen LogP contribution in [-0.4, -0.2) is 21.7 Å². The van der Waals surface area contributed by atoms with Gasteiger partial charge in [0.1, 0.15) is 0 Å². The molecule has 0 spiro atoms. The van der Waals surface area contributed by atoms with Gasteiger partial charge >= 0.3 is 5.97 Å². The molecule has 50 valence electrons. The van der Waals surface area contributed by atoms with Crippen LogP contribution in [0.1, 0.15) is 10.6 Å². The first-order valence-corrected chi connectivity index (χ1v) is 1.94. The van der Waals surface area contributed by atoms with E-state index >= 15 is 0 Å². The molecule has 0 aliphatic heterocycles. The highest BCUT2D eigenvalue weighted by atomic mass is 16.5. The molecule has 0 saturated heterocycles. The smallest absolute Gasteiger partial charge is 0.374 e. The molecular weight excluding hydrogens is 126 g/mol. The summed E-state index contributed by atoms with van der Waals surface area (Å²) in [6.07, 6.45) is 1.28. The number of rotatable bonds is 1. The number of carboxylic acids is 1. The van der Waals surface area contributed by atoms with Crippen molar-refractivity contribution in [2.75, 3.05) is 0 Å². The van der Waals surface area contributed by atoms with Crippen molar-refractivity contribution in [3.05, 3.63) is 18.0 Å². The van der Waals surface area contributed by atoms with Gasteiger partial charge in [-0.25, -0.2) is 4.79 Å². The van der Waals surface area contributed by atoms with Crippen LogP contribution in [0.15, 0.2) is 16.8 Å². The summed E-state index contributed by atoms with van der Waals surface area (Å²) in [4.78, 5) is 9.93. The van der Waals surface area contributed by atoms with Gasteiger partial charge in [-0.1, -0.05) is 5.16 Å². The molecule has 1 rings (SSSR count). The maximum absolute atomic E-state index is 9.93. The standard InChI is InChI=1S/C4H3NO3.H2O/c6-4(7)3-1-2-5-8-3;/h1-2H,(H,6,7);1H2. The zero-order chi connectivity index (χ0) is 5.98. The van der Waals surface area contributed by atoms with E-state index in [1.54, 1.807) is 0 Å². The summed E-state index contributed by atoms with van der Waals surface area (Å²) in [6, 6.07) is 1.28. The van der Waals surface area contributed by atoms with E-state index in [-0.39, 0.29) is 11.2 Å². The first kappa shape index (κ1) is 7.64. The summed E-state index contributed by atoms with van der Waals surface area (Å²) in [7, 11) is 0. The molecule has 0 radical (unpaired) electrons. The van der Waals surface area contributed by atoms with E-state index in [2.05, 4.69) is 9.68 Å². The third-order valence-electron chi connectivity index (χ3n) is 0.649. The van der Waals surface area contributed by atoms with Crippen LogP contribution < -0.4 is 0 Å². The van der Waals surface area contributed by atoms with Crippen molar-refractivity contribution in [1.29, 1.82) is 0 Å². The van der Waals surface area contributed by atoms with Gasteiger partial charge in [0.05, 0.1) is 6.20 Å². The van der Waals surface area contributed by atoms with E-state index in [1.807, 2.05) is 0 Å². The molecule has 5 heteroatoms. The molecule has 0 amide bonds. The quantitative estimate of drug-likeness (QED) is 0.558. The first-order chi connectivity index (χ1) is 3.80. The maximum atomic E-state index is 9.93. The van der Waals surface area contributed by atoms with Crippen LogP contribution >= 0.6 is 0 Å². The number of aromatic carboxylic acids is 1. The van der Waals surface area contributed by atoms with E-state index in [0.29, 0.717) is 0 Å². The lowest BCUT2D eigenvalue weighted by molar-refractivity contribution is 0.0652. The van der Waals surface area contributed by atoms with Crippen LogP contribution in [0.2, 0.25) is 0 Å². The van der Waals surface area contributed by atoms with Crippen LogP contribution in [0.5, 0.6) is 0 Å². The zero-order valence-electron chi connectivity index (χ0n) is 4.37. The predicted molar refractivity (Wildman–Crippen MR) is 27.1 cm³/mol. The Bertz CT molecular complexity index is 180. The Morgan fingerprint density at radius 2 is 2.44 bits per heavy atom. The van der Waals surface area contributed by atoms with Crippen molar-refractivity contribution in [1.82, 2.24) is 5.16 Å². The number of carbonyl (C=O) groups is 1. The van der Waals surface area contributed by atoms with Crippen LogP contribution in [0.25, 0.3) is 0 Å². The van der Waals surface area contributed by atoms with Gasteiger partial charge in [-0.15, -0.1) is 0 Å². The molecule has 0 atom stereocenters. The Kier molecular flexibility index (Phi) is 2.40. The molecular formula is C4H5NO4. The number of nitrogens with zero attached hydrogens (tertiary/aromatic N) is 1. The average Bonchev–Trinajstić information content (AvgIpc) is 2.12. The molecule has 0 saturated carbocycles. The lowest BCUT2D eigenvalue weighted by Crippen LogP contribution is -1.91. The van der Waals surface area contributed by atoms with E-state index < -0.39 is 5.97 Å². The maximum Gasteiger partial charge on any atom is 0.374 e. The third kappa shape index (κ3) is 1.54. The molecule has 0 unspecified atom stereocenters. The highest BCUT2D eigenvalue weighted by Crippen LogP contribution is 1.93. The second-order valence-electron chi connectivity index (χ2n) is 1.18. The van der Waals surface area contributed by atoms with Crippen LogP contribution in [0.4, 0.5) is 0 Å². The molecule has 0 aliphatic rings. The average molecular weight is 131 g/mol. The first-order valence-electron chi connectivity index (χ1n) is 1.94. The normalized spacial score (nSPS) is 8.00. The van der Waals surface area contributed by atoms with Crippen molar-refractivity contribution >= 4 is 5.97 Å². The van der Waals surface area contributed by atoms with Gasteiger partial charge in [-0.3, -0.25) is 0 Å². The van der Waals surface area contributed by atoms with E-state index in [4.69, 9.17) is 5.11 Å². The minimum Gasteiger partial charge on any atom is -0.475 e. The van der Waals surface area contributed by atoms with Gasteiger partial charge in [0.25, 0.3) is 0 Å². The summed E-state index contributed by atoms with van der Waals surface area (Å²) in [5, 5.41) is 11.3. The van der Waals surface area contributed by atoms with Crippen LogP contribution in [-0.2, 0) is 0 Å². The third-order valence-corrected chi connectivity index (χ3v) is 0.649. The van der Waals surface area contributed by atoms with Gasteiger partial charge in [0.2, 0.25) is 5.76 Å². The van der Waals surface area contributed by atoms with E-state index in [0.717, 1.165) is 0 Å². The van der Waals surface area contributed by atoms with Crippen molar-refractivity contribution in [3.63, 3.8) is 0 Å². The SMILES string of the molecule is O.O=C(O)c1ccno1. The van der Waals surface area contributed by atoms with E-state index in [1.165, 1.54) is 12.3 Å². The van der Waals surface area contributed by atoms with Crippen molar-refractivity contribution in [3.8, 4) is 0 Å². The minimum absolute atomic E-state index is 0. The van der Waals surface area contributed by atoms with Crippen molar-refractivity contribution in [2.24, 2.45) is 0 Å². The molecule has 3 N–H and O–H groups in total. The largest absolute Gasteiger partial charge is 0.475 e. The number of hydrogen-bond acceptors (Lipinski definition) is 3. The Hall–Kier alpha value is -1.36. The van der Waals surface area contributed by atoms with Crippen molar-refractivity contribution in [2.45, 2.75) is 0 Å². The summed E-state index contributed by atoms with van der Waals surface area (Å²) >= 11 is 0. The summed E-state index contributed by atoms with van der Waals surface area (Å²) < 4.78 is 4.25. The highest BCUT2D eigenvalue weighted by Gasteiger charge is 2.03. The van der Waals surface area contributed by atoms with Crippen LogP contribution in [0.3, 0.4) is 0 Å². The molecule has 0 fully saturated rings. The predicted octanol–water partition coefficient (Wildman–Crippen LogP) is -0.452. The number of aromatic nitrogens is 1. The monoisotopic (exact) mass is 131 g/mol. The molecule has 9 heavy (non-hydrogen) atoms. The van der Waals surface area contributed by atoms with Crippen LogP contribution in [0, 0.1) is 0 Å². The molecule has 0 aromatic carbocycles. The summed E-state index contributed by atoms with van der Waals surface area (Å²) in [5.74, 6) is -1.23. The second-order valence-corrected chi connectivity index (χ2v) is 1.18. The Labute approximate surface area is 50.2 Å². The Morgan fingerprint density at radius 1 is 1.78 bits per heavy atom. The van der Waals surface area contributed by atoms with Gasteiger partial charge in [-0.2, -0.15) is 0 Å². The van der Waals surface area contributed by atoms with Gasteiger partial charge in [0.15, 0.2) is 0 Å². The Morgan fingerprint density at radius 3 is 2.67 bits per heavy atom. The molecule has 1 aromatic rings. The van der Waals surface area contributed by atoms with Gasteiger partial charge in [-0.05, 0) is 0 Å². The number of carboxylic acid groups (broad SMARTS) is 1. The highest BCUT2D eigenvalue weighted by molar-refractivity contribution is 5.83. The molecule has 5 nitrogen and oxygen atoms in total. The lowest BCUT2D eigenvalue weighted by atomic mass is 10.5. The fourth-order valence-corrected chi connectivity index (χ4v) is 0.326. The molecule has 1 aromatic heterocycles. The van der Waals surface area contributed by atoms with Gasteiger partial charge in [0, 0.05) is 6.07 Å². The summed E-state index contributed by atoms with van der Waals surface area (Å²) in [5.41, 5.74) is 0. The molecule has 1 heterocycles. The second kappa shape index (κ2) is 2.83. The zero-order valence-corrected chi connectivity index (χ0v) is 4.37. The molecule has 0 bridgehead atoms.